The van der Waals surface area contributed by atoms with Gasteiger partial charge in [0.05, 0.1) is 27.9 Å². The van der Waals surface area contributed by atoms with Crippen LogP contribution in [0.5, 0.6) is 5.75 Å². The zero-order valence-corrected chi connectivity index (χ0v) is 14.4. The van der Waals surface area contributed by atoms with Crippen LogP contribution in [0.25, 0.3) is 10.9 Å². The van der Waals surface area contributed by atoms with Crippen LogP contribution in [0.1, 0.15) is 12.6 Å². The molecule has 1 aromatic heterocycles. The van der Waals surface area contributed by atoms with Gasteiger partial charge >= 0.3 is 0 Å². The molecule has 0 aliphatic heterocycles. The van der Waals surface area contributed by atoms with Crippen molar-refractivity contribution in [2.75, 3.05) is 11.9 Å². The predicted octanol–water partition coefficient (Wildman–Crippen LogP) is 5.99. The van der Waals surface area contributed by atoms with E-state index in [0.717, 1.165) is 33.7 Å². The summed E-state index contributed by atoms with van der Waals surface area (Å²) in [6, 6.07) is 13.4. The van der Waals surface area contributed by atoms with Crippen molar-refractivity contribution in [2.45, 2.75) is 13.8 Å². The van der Waals surface area contributed by atoms with E-state index in [0.29, 0.717) is 16.7 Å². The van der Waals surface area contributed by atoms with E-state index in [2.05, 4.69) is 10.3 Å². The average molecular weight is 347 g/mol. The van der Waals surface area contributed by atoms with Crippen LogP contribution in [0, 0.1) is 6.92 Å². The molecule has 5 heteroatoms. The lowest BCUT2D eigenvalue weighted by Gasteiger charge is -2.13. The number of hydrogen-bond donors (Lipinski definition) is 1. The third kappa shape index (κ3) is 3.36. The second-order valence-electron chi connectivity index (χ2n) is 5.15. The molecule has 3 rings (SSSR count). The number of anilines is 2. The molecule has 0 saturated carbocycles. The zero-order valence-electron chi connectivity index (χ0n) is 12.9. The number of fused-ring (bicyclic) bond motifs is 1. The van der Waals surface area contributed by atoms with Crippen molar-refractivity contribution in [2.24, 2.45) is 0 Å². The number of aryl methyl sites for hydroxylation is 1. The molecule has 3 nitrogen and oxygen atoms in total. The molecule has 0 spiro atoms. The average Bonchev–Trinajstić information content (AvgIpc) is 2.52. The maximum atomic E-state index is 6.28. The van der Waals surface area contributed by atoms with E-state index in [1.165, 1.54) is 0 Å². The van der Waals surface area contributed by atoms with Crippen LogP contribution in [0.3, 0.4) is 0 Å². The molecule has 1 N–H and O–H groups in total. The first-order valence-electron chi connectivity index (χ1n) is 7.33. The Hall–Kier alpha value is -1.97. The van der Waals surface area contributed by atoms with Gasteiger partial charge in [0.25, 0.3) is 0 Å². The quantitative estimate of drug-likeness (QED) is 0.629. The van der Waals surface area contributed by atoms with E-state index in [9.17, 15) is 0 Å². The van der Waals surface area contributed by atoms with Gasteiger partial charge in [0.1, 0.15) is 5.75 Å². The van der Waals surface area contributed by atoms with Crippen LogP contribution in [0.2, 0.25) is 10.0 Å². The van der Waals surface area contributed by atoms with Crippen molar-refractivity contribution in [1.82, 2.24) is 4.98 Å². The summed E-state index contributed by atoms with van der Waals surface area (Å²) in [5, 5.41) is 5.34. The molecule has 3 aromatic rings. The molecule has 0 saturated heterocycles. The number of pyridine rings is 1. The van der Waals surface area contributed by atoms with Crippen molar-refractivity contribution in [3.05, 3.63) is 58.2 Å². The van der Waals surface area contributed by atoms with E-state index in [1.54, 1.807) is 6.07 Å². The molecule has 0 aliphatic rings. The highest BCUT2D eigenvalue weighted by atomic mass is 35.5. The number of benzene rings is 2. The molecule has 0 unspecified atom stereocenters. The lowest BCUT2D eigenvalue weighted by atomic mass is 10.1. The van der Waals surface area contributed by atoms with E-state index < -0.39 is 0 Å². The van der Waals surface area contributed by atoms with Crippen LogP contribution >= 0.6 is 23.2 Å². The number of rotatable bonds is 4. The fourth-order valence-corrected chi connectivity index (χ4v) is 2.79. The molecular formula is C18H16Cl2N2O. The third-order valence-electron chi connectivity index (χ3n) is 3.44. The molecule has 0 bridgehead atoms. The second kappa shape index (κ2) is 6.65. The van der Waals surface area contributed by atoms with Gasteiger partial charge in [-0.05, 0) is 50.2 Å². The largest absolute Gasteiger partial charge is 0.494 e. The summed E-state index contributed by atoms with van der Waals surface area (Å²) in [6.07, 6.45) is 0. The monoisotopic (exact) mass is 346 g/mol. The smallest absolute Gasteiger partial charge is 0.120 e. The summed E-state index contributed by atoms with van der Waals surface area (Å²) in [7, 11) is 0. The Kier molecular flexibility index (Phi) is 4.60. The van der Waals surface area contributed by atoms with Gasteiger partial charge in [-0.3, -0.25) is 4.98 Å². The van der Waals surface area contributed by atoms with E-state index in [-0.39, 0.29) is 0 Å². The maximum Gasteiger partial charge on any atom is 0.120 e. The van der Waals surface area contributed by atoms with Crippen molar-refractivity contribution < 1.29 is 4.74 Å². The van der Waals surface area contributed by atoms with Gasteiger partial charge in [-0.2, -0.15) is 0 Å². The van der Waals surface area contributed by atoms with Gasteiger partial charge < -0.3 is 10.1 Å². The molecule has 23 heavy (non-hydrogen) atoms. The van der Waals surface area contributed by atoms with Crippen LogP contribution in [-0.2, 0) is 0 Å². The first-order chi connectivity index (χ1) is 11.1. The first kappa shape index (κ1) is 15.9. The Morgan fingerprint density at radius 2 is 1.91 bits per heavy atom. The summed E-state index contributed by atoms with van der Waals surface area (Å²) in [5.41, 5.74) is 3.49. The Bertz CT molecular complexity index is 865. The summed E-state index contributed by atoms with van der Waals surface area (Å²) >= 11 is 12.4. The lowest BCUT2D eigenvalue weighted by molar-refractivity contribution is 0.340. The molecule has 0 aliphatic carbocycles. The number of nitrogens with zero attached hydrogens (tertiary/aromatic N) is 1. The van der Waals surface area contributed by atoms with E-state index >= 15 is 0 Å². The van der Waals surface area contributed by atoms with Gasteiger partial charge in [0, 0.05) is 16.8 Å². The topological polar surface area (TPSA) is 34.1 Å². The predicted molar refractivity (Wildman–Crippen MR) is 97.4 cm³/mol. The SMILES string of the molecule is CCOc1ccc2nc(C)cc(Nc3cccc(Cl)c3Cl)c2c1. The highest BCUT2D eigenvalue weighted by Crippen LogP contribution is 2.35. The second-order valence-corrected chi connectivity index (χ2v) is 5.93. The summed E-state index contributed by atoms with van der Waals surface area (Å²) in [6.45, 7) is 4.54. The number of hydrogen-bond acceptors (Lipinski definition) is 3. The summed E-state index contributed by atoms with van der Waals surface area (Å²) in [4.78, 5) is 4.56. The Morgan fingerprint density at radius 1 is 1.09 bits per heavy atom. The van der Waals surface area contributed by atoms with E-state index in [4.69, 9.17) is 27.9 Å². The van der Waals surface area contributed by atoms with Crippen LogP contribution < -0.4 is 10.1 Å². The minimum Gasteiger partial charge on any atom is -0.494 e. The van der Waals surface area contributed by atoms with E-state index in [1.807, 2.05) is 50.2 Å². The van der Waals surface area contributed by atoms with Crippen molar-refractivity contribution in [3.63, 3.8) is 0 Å². The van der Waals surface area contributed by atoms with Gasteiger partial charge in [-0.25, -0.2) is 0 Å². The van der Waals surface area contributed by atoms with Gasteiger partial charge in [0.2, 0.25) is 0 Å². The molecule has 0 atom stereocenters. The lowest BCUT2D eigenvalue weighted by Crippen LogP contribution is -1.97. The molecular weight excluding hydrogens is 331 g/mol. The number of ether oxygens (including phenoxy) is 1. The Morgan fingerprint density at radius 3 is 2.70 bits per heavy atom. The molecule has 118 valence electrons. The van der Waals surface area contributed by atoms with Gasteiger partial charge in [0.15, 0.2) is 0 Å². The molecule has 0 amide bonds. The minimum absolute atomic E-state index is 0.498. The van der Waals surface area contributed by atoms with Crippen LogP contribution in [0.4, 0.5) is 11.4 Å². The molecule has 1 heterocycles. The van der Waals surface area contributed by atoms with Crippen molar-refractivity contribution in [3.8, 4) is 5.75 Å². The first-order valence-corrected chi connectivity index (χ1v) is 8.09. The highest BCUT2D eigenvalue weighted by molar-refractivity contribution is 6.43. The normalized spacial score (nSPS) is 10.8. The maximum absolute atomic E-state index is 6.28. The van der Waals surface area contributed by atoms with Crippen molar-refractivity contribution >= 4 is 45.5 Å². The number of aromatic nitrogens is 1. The van der Waals surface area contributed by atoms with Crippen LogP contribution in [0.15, 0.2) is 42.5 Å². The van der Waals surface area contributed by atoms with Crippen LogP contribution in [-0.4, -0.2) is 11.6 Å². The zero-order chi connectivity index (χ0) is 16.4. The highest BCUT2D eigenvalue weighted by Gasteiger charge is 2.09. The Labute approximate surface area is 145 Å². The fourth-order valence-electron chi connectivity index (χ4n) is 2.44. The molecule has 0 radical (unpaired) electrons. The van der Waals surface area contributed by atoms with Gasteiger partial charge in [-0.1, -0.05) is 29.3 Å². The fraction of sp³-hybridized carbons (Fsp3) is 0.167. The minimum atomic E-state index is 0.498. The third-order valence-corrected chi connectivity index (χ3v) is 4.26. The number of nitrogens with one attached hydrogen (secondary N) is 1. The molecule has 0 fully saturated rings. The summed E-state index contributed by atoms with van der Waals surface area (Å²) < 4.78 is 5.59. The van der Waals surface area contributed by atoms with Gasteiger partial charge in [-0.15, -0.1) is 0 Å². The summed E-state index contributed by atoms with van der Waals surface area (Å²) in [5.74, 6) is 0.811. The number of halogens is 2. The molecule has 2 aromatic carbocycles. The standard InChI is InChI=1S/C18H16Cl2N2O/c1-3-23-12-7-8-15-13(10-12)17(9-11(2)21-15)22-16-6-4-5-14(19)18(16)20/h4-10H,3H2,1-2H3,(H,21,22). The Balaban J connectivity index is 2.11. The van der Waals surface area contributed by atoms with Crippen molar-refractivity contribution in [1.29, 1.82) is 0 Å².